The van der Waals surface area contributed by atoms with Crippen LogP contribution in [-0.4, -0.2) is 5.78 Å². The number of carbonyl (C=O) groups excluding carboxylic acids is 1. The highest BCUT2D eigenvalue weighted by molar-refractivity contribution is 5.96. The number of rotatable bonds is 3. The molecule has 0 spiro atoms. The molecule has 15 heavy (non-hydrogen) atoms. The first-order chi connectivity index (χ1) is 7.30. The predicted octanol–water partition coefficient (Wildman–Crippen LogP) is 3.45. The van der Waals surface area contributed by atoms with Crippen molar-refractivity contribution in [3.63, 3.8) is 0 Å². The zero-order valence-corrected chi connectivity index (χ0v) is 8.91. The quantitative estimate of drug-likeness (QED) is 0.683. The molecule has 1 aromatic carbocycles. The Bertz CT molecular complexity index is 382. The summed E-state index contributed by atoms with van der Waals surface area (Å²) in [6.45, 7) is 0. The van der Waals surface area contributed by atoms with Gasteiger partial charge in [0.05, 0.1) is 0 Å². The molecule has 0 saturated heterocycles. The second-order valence-corrected chi connectivity index (χ2v) is 5.12. The molecule has 0 aromatic heterocycles. The molecule has 0 N–H and O–H groups in total. The molecule has 1 heteroatoms. The fraction of sp³-hybridized carbons (Fsp3) is 0.500. The van der Waals surface area contributed by atoms with Gasteiger partial charge in [0.2, 0.25) is 0 Å². The van der Waals surface area contributed by atoms with E-state index < -0.39 is 0 Å². The maximum atomic E-state index is 12.0. The first-order valence-electron chi connectivity index (χ1n) is 5.88. The zero-order chi connectivity index (χ0) is 10.3. The van der Waals surface area contributed by atoms with Crippen LogP contribution in [0.2, 0.25) is 0 Å². The highest BCUT2D eigenvalue weighted by Crippen LogP contribution is 2.65. The molecule has 2 fully saturated rings. The monoisotopic (exact) mass is 200 g/mol. The van der Waals surface area contributed by atoms with Gasteiger partial charge in [-0.2, -0.15) is 0 Å². The molecule has 0 heterocycles. The molecule has 2 unspecified atom stereocenters. The fourth-order valence-corrected chi connectivity index (χ4v) is 3.20. The van der Waals surface area contributed by atoms with Gasteiger partial charge < -0.3 is 0 Å². The molecule has 2 saturated carbocycles. The minimum atomic E-state index is 0.347. The van der Waals surface area contributed by atoms with Gasteiger partial charge in [-0.3, -0.25) is 4.79 Å². The predicted molar refractivity (Wildman–Crippen MR) is 59.8 cm³/mol. The van der Waals surface area contributed by atoms with Crippen molar-refractivity contribution in [3.8, 4) is 0 Å². The van der Waals surface area contributed by atoms with Gasteiger partial charge in [0.25, 0.3) is 0 Å². The third-order valence-electron chi connectivity index (χ3n) is 4.19. The Labute approximate surface area is 90.5 Å². The van der Waals surface area contributed by atoms with Crippen LogP contribution >= 0.6 is 0 Å². The van der Waals surface area contributed by atoms with Crippen molar-refractivity contribution in [1.82, 2.24) is 0 Å². The highest BCUT2D eigenvalue weighted by Gasteiger charge is 2.57. The van der Waals surface area contributed by atoms with Gasteiger partial charge in [-0.25, -0.2) is 0 Å². The molecule has 78 valence electrons. The molecular formula is C14H16O. The Morgan fingerprint density at radius 1 is 1.33 bits per heavy atom. The molecule has 0 amide bonds. The summed E-state index contributed by atoms with van der Waals surface area (Å²) in [6, 6.07) is 9.73. The van der Waals surface area contributed by atoms with Crippen molar-refractivity contribution in [2.45, 2.75) is 32.1 Å². The maximum Gasteiger partial charge on any atom is 0.163 e. The second kappa shape index (κ2) is 3.19. The maximum absolute atomic E-state index is 12.0. The summed E-state index contributed by atoms with van der Waals surface area (Å²) in [5.74, 6) is 1.23. The second-order valence-electron chi connectivity index (χ2n) is 5.12. The summed E-state index contributed by atoms with van der Waals surface area (Å²) in [5, 5.41) is 0. The molecule has 1 nitrogen and oxygen atoms in total. The largest absolute Gasteiger partial charge is 0.294 e. The highest BCUT2D eigenvalue weighted by atomic mass is 16.1. The van der Waals surface area contributed by atoms with Crippen LogP contribution < -0.4 is 0 Å². The van der Waals surface area contributed by atoms with Gasteiger partial charge in [0, 0.05) is 12.0 Å². The average Bonchev–Trinajstić information content (AvgIpc) is 2.81. The average molecular weight is 200 g/mol. The van der Waals surface area contributed by atoms with Gasteiger partial charge in [-0.15, -0.1) is 0 Å². The number of hydrogen-bond donors (Lipinski definition) is 0. The van der Waals surface area contributed by atoms with Gasteiger partial charge >= 0.3 is 0 Å². The van der Waals surface area contributed by atoms with Crippen molar-refractivity contribution >= 4 is 5.78 Å². The molecule has 3 rings (SSSR count). The van der Waals surface area contributed by atoms with Crippen LogP contribution in [0.15, 0.2) is 30.3 Å². The third-order valence-corrected chi connectivity index (χ3v) is 4.19. The topological polar surface area (TPSA) is 17.1 Å². The molecule has 2 atom stereocenters. The number of ketones is 1. The number of benzene rings is 1. The SMILES string of the molecule is O=C(CC12CCCC1C2)c1ccccc1. The minimum Gasteiger partial charge on any atom is -0.294 e. The summed E-state index contributed by atoms with van der Waals surface area (Å²) in [4.78, 5) is 12.0. The number of fused-ring (bicyclic) bond motifs is 1. The Morgan fingerprint density at radius 2 is 2.13 bits per heavy atom. The van der Waals surface area contributed by atoms with Crippen LogP contribution in [-0.2, 0) is 0 Å². The van der Waals surface area contributed by atoms with E-state index >= 15 is 0 Å². The standard InChI is InChI=1S/C14H16O/c15-13(11-5-2-1-3-6-11)10-14-8-4-7-12(14)9-14/h1-3,5-6,12H,4,7-10H2. The Morgan fingerprint density at radius 3 is 2.73 bits per heavy atom. The smallest absolute Gasteiger partial charge is 0.163 e. The molecule has 0 aliphatic heterocycles. The first kappa shape index (κ1) is 9.14. The minimum absolute atomic E-state index is 0.347. The number of hydrogen-bond acceptors (Lipinski definition) is 1. The normalized spacial score (nSPS) is 32.4. The molecular weight excluding hydrogens is 184 g/mol. The third kappa shape index (κ3) is 1.50. The van der Waals surface area contributed by atoms with Crippen LogP contribution in [0.4, 0.5) is 0 Å². The van der Waals surface area contributed by atoms with E-state index in [9.17, 15) is 4.79 Å². The lowest BCUT2D eigenvalue weighted by Crippen LogP contribution is -2.08. The van der Waals surface area contributed by atoms with Crippen LogP contribution in [0.5, 0.6) is 0 Å². The summed E-state index contributed by atoms with van der Waals surface area (Å²) >= 11 is 0. The molecule has 0 bridgehead atoms. The number of carbonyl (C=O) groups is 1. The fourth-order valence-electron chi connectivity index (χ4n) is 3.20. The van der Waals surface area contributed by atoms with Crippen molar-refractivity contribution in [1.29, 1.82) is 0 Å². The van der Waals surface area contributed by atoms with Gasteiger partial charge in [-0.05, 0) is 30.6 Å². The first-order valence-corrected chi connectivity index (χ1v) is 5.88. The van der Waals surface area contributed by atoms with Gasteiger partial charge in [0.1, 0.15) is 0 Å². The lowest BCUT2D eigenvalue weighted by atomic mass is 9.93. The molecule has 1 aromatic rings. The Kier molecular flexibility index (Phi) is 1.95. The molecule has 2 aliphatic rings. The number of Topliss-reactive ketones (excluding diaryl/α,β-unsaturated/α-hetero) is 1. The van der Waals surface area contributed by atoms with E-state index in [0.29, 0.717) is 11.2 Å². The van der Waals surface area contributed by atoms with Crippen molar-refractivity contribution in [2.75, 3.05) is 0 Å². The van der Waals surface area contributed by atoms with Gasteiger partial charge in [-0.1, -0.05) is 36.8 Å². The van der Waals surface area contributed by atoms with Crippen LogP contribution in [0.3, 0.4) is 0 Å². The van der Waals surface area contributed by atoms with E-state index in [4.69, 9.17) is 0 Å². The van der Waals surface area contributed by atoms with Crippen LogP contribution in [0, 0.1) is 11.3 Å². The van der Waals surface area contributed by atoms with E-state index in [0.717, 1.165) is 17.9 Å². The van der Waals surface area contributed by atoms with Crippen molar-refractivity contribution < 1.29 is 4.79 Å². The van der Waals surface area contributed by atoms with E-state index in [-0.39, 0.29) is 0 Å². The van der Waals surface area contributed by atoms with Crippen molar-refractivity contribution in [2.24, 2.45) is 11.3 Å². The van der Waals surface area contributed by atoms with Gasteiger partial charge in [0.15, 0.2) is 5.78 Å². The lowest BCUT2D eigenvalue weighted by Gasteiger charge is -2.10. The Hall–Kier alpha value is -1.11. The van der Waals surface area contributed by atoms with Crippen LogP contribution in [0.25, 0.3) is 0 Å². The summed E-state index contributed by atoms with van der Waals surface area (Å²) in [6.07, 6.45) is 6.10. The summed E-state index contributed by atoms with van der Waals surface area (Å²) in [5.41, 5.74) is 1.33. The zero-order valence-electron chi connectivity index (χ0n) is 8.91. The lowest BCUT2D eigenvalue weighted by molar-refractivity contribution is 0.0952. The van der Waals surface area contributed by atoms with E-state index in [1.54, 1.807) is 0 Å². The Balaban J connectivity index is 1.72. The summed E-state index contributed by atoms with van der Waals surface area (Å²) < 4.78 is 0. The van der Waals surface area contributed by atoms with E-state index in [1.165, 1.54) is 25.7 Å². The van der Waals surface area contributed by atoms with Crippen molar-refractivity contribution in [3.05, 3.63) is 35.9 Å². The van der Waals surface area contributed by atoms with Crippen LogP contribution in [0.1, 0.15) is 42.5 Å². The van der Waals surface area contributed by atoms with E-state index in [2.05, 4.69) is 0 Å². The molecule has 0 radical (unpaired) electrons. The summed E-state index contributed by atoms with van der Waals surface area (Å²) in [7, 11) is 0. The van der Waals surface area contributed by atoms with E-state index in [1.807, 2.05) is 30.3 Å². The molecule has 2 aliphatic carbocycles.